The second-order valence-corrected chi connectivity index (χ2v) is 7.28. The Hall–Kier alpha value is -1.32. The number of hydrogen-bond acceptors (Lipinski definition) is 3. The second kappa shape index (κ2) is 8.51. The van der Waals surface area contributed by atoms with Crippen LogP contribution in [0, 0.1) is 0 Å². The van der Waals surface area contributed by atoms with E-state index in [1.165, 1.54) is 60.7 Å². The highest BCUT2D eigenvalue weighted by Gasteiger charge is 2.26. The lowest BCUT2D eigenvalue weighted by Crippen LogP contribution is -2.34. The smallest absolute Gasteiger partial charge is 0.105 e. The summed E-state index contributed by atoms with van der Waals surface area (Å²) < 4.78 is 0. The molecule has 1 atom stereocenters. The predicted molar refractivity (Wildman–Crippen MR) is 97.9 cm³/mol. The van der Waals surface area contributed by atoms with Crippen LogP contribution in [-0.4, -0.2) is 23.0 Å². The van der Waals surface area contributed by atoms with Crippen molar-refractivity contribution in [1.29, 1.82) is 0 Å². The topological polar surface area (TPSA) is 16.1 Å². The van der Waals surface area contributed by atoms with Crippen LogP contribution in [0.4, 0.5) is 0 Å². The summed E-state index contributed by atoms with van der Waals surface area (Å²) in [5, 5.41) is 1.17. The minimum absolute atomic E-state index is 0.537. The Morgan fingerprint density at radius 1 is 1.13 bits per heavy atom. The summed E-state index contributed by atoms with van der Waals surface area (Å²) in [5.41, 5.74) is 1.41. The average Bonchev–Trinajstić information content (AvgIpc) is 2.62. The van der Waals surface area contributed by atoms with Gasteiger partial charge in [0.1, 0.15) is 5.03 Å². The molecule has 23 heavy (non-hydrogen) atoms. The minimum atomic E-state index is 0.537. The fraction of sp³-hybridized carbons (Fsp3) is 0.450. The van der Waals surface area contributed by atoms with Crippen LogP contribution in [0.5, 0.6) is 0 Å². The number of hydrogen-bond donors (Lipinski definition) is 0. The van der Waals surface area contributed by atoms with Crippen LogP contribution < -0.4 is 0 Å². The minimum Gasteiger partial charge on any atom is -0.296 e. The molecule has 2 aromatic rings. The molecule has 1 aliphatic heterocycles. The molecule has 122 valence electrons. The molecule has 0 N–H and O–H groups in total. The first kappa shape index (κ1) is 16.5. The Labute approximate surface area is 144 Å². The first-order chi connectivity index (χ1) is 11.4. The van der Waals surface area contributed by atoms with Crippen LogP contribution >= 0.6 is 11.8 Å². The van der Waals surface area contributed by atoms with E-state index in [4.69, 9.17) is 4.98 Å². The van der Waals surface area contributed by atoms with E-state index in [0.29, 0.717) is 6.04 Å². The van der Waals surface area contributed by atoms with Crippen molar-refractivity contribution in [2.75, 3.05) is 13.1 Å². The SMILES string of the molecule is CCCCN1CCCC[C@H]1c1cccnc1Sc1ccccc1. The molecule has 3 heteroatoms. The highest BCUT2D eigenvalue weighted by atomic mass is 32.2. The van der Waals surface area contributed by atoms with Crippen LogP contribution in [0.15, 0.2) is 58.6 Å². The van der Waals surface area contributed by atoms with Gasteiger partial charge in [-0.1, -0.05) is 55.8 Å². The van der Waals surface area contributed by atoms with Gasteiger partial charge in [0, 0.05) is 22.7 Å². The molecule has 1 fully saturated rings. The third-order valence-corrected chi connectivity index (χ3v) is 5.57. The maximum Gasteiger partial charge on any atom is 0.105 e. The predicted octanol–water partition coefficient (Wildman–Crippen LogP) is 5.56. The van der Waals surface area contributed by atoms with E-state index in [1.54, 1.807) is 11.8 Å². The van der Waals surface area contributed by atoms with Gasteiger partial charge in [-0.3, -0.25) is 4.90 Å². The lowest BCUT2D eigenvalue weighted by Gasteiger charge is -2.36. The number of likely N-dealkylation sites (tertiary alicyclic amines) is 1. The largest absolute Gasteiger partial charge is 0.296 e. The van der Waals surface area contributed by atoms with Crippen molar-refractivity contribution < 1.29 is 0 Å². The van der Waals surface area contributed by atoms with Gasteiger partial charge >= 0.3 is 0 Å². The number of nitrogens with zero attached hydrogens (tertiary/aromatic N) is 2. The molecule has 1 aromatic carbocycles. The number of pyridine rings is 1. The summed E-state index contributed by atoms with van der Waals surface area (Å²) in [7, 11) is 0. The first-order valence-electron chi connectivity index (χ1n) is 8.80. The van der Waals surface area contributed by atoms with E-state index in [2.05, 4.69) is 54.3 Å². The molecular formula is C20H26N2S. The van der Waals surface area contributed by atoms with Crippen LogP contribution in [0.3, 0.4) is 0 Å². The fourth-order valence-electron chi connectivity index (χ4n) is 3.31. The number of piperidine rings is 1. The molecule has 2 heterocycles. The van der Waals surface area contributed by atoms with Crippen molar-refractivity contribution >= 4 is 11.8 Å². The van der Waals surface area contributed by atoms with Crippen molar-refractivity contribution in [2.45, 2.75) is 55.0 Å². The average molecular weight is 327 g/mol. The molecule has 0 amide bonds. The van der Waals surface area contributed by atoms with Crippen molar-refractivity contribution in [3.8, 4) is 0 Å². The normalized spacial score (nSPS) is 18.9. The molecule has 0 unspecified atom stereocenters. The van der Waals surface area contributed by atoms with E-state index in [-0.39, 0.29) is 0 Å². The van der Waals surface area contributed by atoms with Crippen LogP contribution in [0.25, 0.3) is 0 Å². The maximum atomic E-state index is 4.70. The summed E-state index contributed by atoms with van der Waals surface area (Å²) in [6, 6.07) is 15.5. The molecule has 2 nitrogen and oxygen atoms in total. The van der Waals surface area contributed by atoms with Gasteiger partial charge in [-0.05, 0) is 50.6 Å². The Morgan fingerprint density at radius 2 is 2.00 bits per heavy atom. The molecule has 3 rings (SSSR count). The van der Waals surface area contributed by atoms with E-state index >= 15 is 0 Å². The third-order valence-electron chi connectivity index (χ3n) is 4.53. The molecule has 0 saturated carbocycles. The van der Waals surface area contributed by atoms with Crippen molar-refractivity contribution in [3.63, 3.8) is 0 Å². The lowest BCUT2D eigenvalue weighted by molar-refractivity contribution is 0.144. The van der Waals surface area contributed by atoms with E-state index in [0.717, 1.165) is 0 Å². The highest BCUT2D eigenvalue weighted by molar-refractivity contribution is 7.99. The molecule has 0 bridgehead atoms. The van der Waals surface area contributed by atoms with Gasteiger partial charge in [-0.25, -0.2) is 4.98 Å². The molecular weight excluding hydrogens is 300 g/mol. The van der Waals surface area contributed by atoms with Gasteiger partial charge in [-0.15, -0.1) is 0 Å². The zero-order valence-electron chi connectivity index (χ0n) is 13.9. The van der Waals surface area contributed by atoms with Gasteiger partial charge in [0.25, 0.3) is 0 Å². The molecule has 1 aromatic heterocycles. The number of benzene rings is 1. The van der Waals surface area contributed by atoms with Crippen LogP contribution in [0.1, 0.15) is 50.6 Å². The Kier molecular flexibility index (Phi) is 6.12. The molecule has 0 radical (unpaired) electrons. The zero-order chi connectivity index (χ0) is 15.9. The van der Waals surface area contributed by atoms with Gasteiger partial charge < -0.3 is 0 Å². The lowest BCUT2D eigenvalue weighted by atomic mass is 9.96. The Morgan fingerprint density at radius 3 is 2.83 bits per heavy atom. The van der Waals surface area contributed by atoms with Crippen molar-refractivity contribution in [2.24, 2.45) is 0 Å². The van der Waals surface area contributed by atoms with Crippen LogP contribution in [-0.2, 0) is 0 Å². The molecule has 1 saturated heterocycles. The van der Waals surface area contributed by atoms with Gasteiger partial charge in [0.2, 0.25) is 0 Å². The summed E-state index contributed by atoms with van der Waals surface area (Å²) in [4.78, 5) is 8.65. The highest BCUT2D eigenvalue weighted by Crippen LogP contribution is 2.37. The van der Waals surface area contributed by atoms with Crippen molar-refractivity contribution in [3.05, 3.63) is 54.2 Å². The maximum absolute atomic E-state index is 4.70. The number of unbranched alkanes of at least 4 members (excludes halogenated alkanes) is 1. The Balaban J connectivity index is 1.83. The van der Waals surface area contributed by atoms with Gasteiger partial charge in [-0.2, -0.15) is 0 Å². The van der Waals surface area contributed by atoms with Gasteiger partial charge in [0.05, 0.1) is 0 Å². The number of aromatic nitrogens is 1. The fourth-order valence-corrected chi connectivity index (χ4v) is 4.27. The van der Waals surface area contributed by atoms with Crippen molar-refractivity contribution in [1.82, 2.24) is 9.88 Å². The quantitative estimate of drug-likeness (QED) is 0.691. The van der Waals surface area contributed by atoms with Crippen LogP contribution in [0.2, 0.25) is 0 Å². The second-order valence-electron chi connectivity index (χ2n) is 6.21. The van der Waals surface area contributed by atoms with Gasteiger partial charge in [0.15, 0.2) is 0 Å². The van der Waals surface area contributed by atoms with E-state index < -0.39 is 0 Å². The monoisotopic (exact) mass is 326 g/mol. The third kappa shape index (κ3) is 4.36. The zero-order valence-corrected chi connectivity index (χ0v) is 14.8. The molecule has 0 aliphatic carbocycles. The van der Waals surface area contributed by atoms with E-state index in [9.17, 15) is 0 Å². The summed E-state index contributed by atoms with van der Waals surface area (Å²) >= 11 is 1.80. The molecule has 1 aliphatic rings. The standard InChI is InChI=1S/C20H26N2S/c1-2-3-15-22-16-8-7-13-19(22)18-12-9-14-21-20(18)23-17-10-5-4-6-11-17/h4-6,9-12,14,19H,2-3,7-8,13,15-16H2,1H3/t19-/m0/s1. The molecule has 0 spiro atoms. The summed E-state index contributed by atoms with van der Waals surface area (Å²) in [6.45, 7) is 4.72. The summed E-state index contributed by atoms with van der Waals surface area (Å²) in [6.07, 6.45) is 8.41. The summed E-state index contributed by atoms with van der Waals surface area (Å²) in [5.74, 6) is 0. The number of rotatable bonds is 6. The Bertz CT molecular complexity index is 600. The van der Waals surface area contributed by atoms with E-state index in [1.807, 2.05) is 6.20 Å². The first-order valence-corrected chi connectivity index (χ1v) is 9.62.